The summed E-state index contributed by atoms with van der Waals surface area (Å²) in [5, 5.41) is 9.61. The first-order valence-corrected chi connectivity index (χ1v) is 4.90. The molecule has 3 nitrogen and oxygen atoms in total. The van der Waals surface area contributed by atoms with E-state index in [2.05, 4.69) is 15.6 Å². The maximum Gasteiger partial charge on any atom is 0.166 e. The molecule has 0 aliphatic heterocycles. The number of nitrogens with zero attached hydrogens (tertiary/aromatic N) is 1. The minimum absolute atomic E-state index is 0.185. The largest absolute Gasteiger partial charge is 0.366 e. The van der Waals surface area contributed by atoms with Crippen LogP contribution in [0.25, 0.3) is 0 Å². The van der Waals surface area contributed by atoms with Crippen molar-refractivity contribution in [2.45, 2.75) is 13.0 Å². The zero-order chi connectivity index (χ0) is 8.97. The second kappa shape index (κ2) is 4.37. The lowest BCUT2D eigenvalue weighted by molar-refractivity contribution is 0.703. The molecule has 1 rings (SSSR count). The molecule has 0 aromatic carbocycles. The van der Waals surface area contributed by atoms with Crippen LogP contribution >= 0.6 is 23.6 Å². The summed E-state index contributed by atoms with van der Waals surface area (Å²) >= 11 is 6.58. The molecular weight excluding hydrogens is 190 g/mol. The van der Waals surface area contributed by atoms with Crippen LogP contribution in [-0.2, 0) is 0 Å². The van der Waals surface area contributed by atoms with Crippen LogP contribution in [0.15, 0.2) is 11.6 Å². The highest BCUT2D eigenvalue weighted by Crippen LogP contribution is 2.13. The highest BCUT2D eigenvalue weighted by molar-refractivity contribution is 7.80. The fraction of sp³-hybridized carbons (Fsp3) is 0.429. The van der Waals surface area contributed by atoms with Crippen LogP contribution in [0.3, 0.4) is 0 Å². The Balaban J connectivity index is 2.49. The molecular formula is C7H11N3S2. The number of hydrogen-bond donors (Lipinski definition) is 2. The van der Waals surface area contributed by atoms with Gasteiger partial charge in [0.1, 0.15) is 5.01 Å². The van der Waals surface area contributed by atoms with E-state index in [0.717, 1.165) is 5.01 Å². The van der Waals surface area contributed by atoms with E-state index in [0.29, 0.717) is 5.11 Å². The maximum atomic E-state index is 4.96. The number of thiocarbonyl (C=S) groups is 1. The van der Waals surface area contributed by atoms with Crippen molar-refractivity contribution in [2.75, 3.05) is 7.05 Å². The predicted molar refractivity (Wildman–Crippen MR) is 55.3 cm³/mol. The van der Waals surface area contributed by atoms with Crippen LogP contribution in [0.5, 0.6) is 0 Å². The summed E-state index contributed by atoms with van der Waals surface area (Å²) in [4.78, 5) is 4.17. The topological polar surface area (TPSA) is 37.0 Å². The lowest BCUT2D eigenvalue weighted by Gasteiger charge is -2.12. The minimum atomic E-state index is 0.185. The summed E-state index contributed by atoms with van der Waals surface area (Å²) in [5.74, 6) is 0. The van der Waals surface area contributed by atoms with E-state index < -0.39 is 0 Å². The molecule has 66 valence electrons. The van der Waals surface area contributed by atoms with E-state index in [9.17, 15) is 0 Å². The highest BCUT2D eigenvalue weighted by atomic mass is 32.1. The van der Waals surface area contributed by atoms with Gasteiger partial charge in [0.15, 0.2) is 5.11 Å². The Morgan fingerprint density at radius 1 is 1.75 bits per heavy atom. The van der Waals surface area contributed by atoms with Crippen molar-refractivity contribution in [1.82, 2.24) is 15.6 Å². The molecule has 0 aliphatic rings. The zero-order valence-corrected chi connectivity index (χ0v) is 8.63. The number of hydrogen-bond acceptors (Lipinski definition) is 3. The Bertz CT molecular complexity index is 245. The summed E-state index contributed by atoms with van der Waals surface area (Å²) < 4.78 is 0. The second-order valence-electron chi connectivity index (χ2n) is 2.32. The second-order valence-corrected chi connectivity index (χ2v) is 3.65. The van der Waals surface area contributed by atoms with Gasteiger partial charge in [0, 0.05) is 18.6 Å². The molecule has 0 fully saturated rings. The van der Waals surface area contributed by atoms with Gasteiger partial charge in [0.2, 0.25) is 0 Å². The maximum absolute atomic E-state index is 4.96. The van der Waals surface area contributed by atoms with E-state index in [-0.39, 0.29) is 6.04 Å². The van der Waals surface area contributed by atoms with Crippen molar-refractivity contribution < 1.29 is 0 Å². The summed E-state index contributed by atoms with van der Waals surface area (Å²) in [6.07, 6.45) is 1.79. The number of rotatable bonds is 2. The van der Waals surface area contributed by atoms with E-state index in [1.807, 2.05) is 12.3 Å². The molecule has 0 saturated heterocycles. The van der Waals surface area contributed by atoms with E-state index >= 15 is 0 Å². The van der Waals surface area contributed by atoms with E-state index in [4.69, 9.17) is 12.2 Å². The average Bonchev–Trinajstić information content (AvgIpc) is 2.56. The molecule has 0 amide bonds. The van der Waals surface area contributed by atoms with Gasteiger partial charge in [-0.3, -0.25) is 0 Å². The Hall–Kier alpha value is -0.680. The molecule has 1 unspecified atom stereocenters. The van der Waals surface area contributed by atoms with Gasteiger partial charge < -0.3 is 10.6 Å². The van der Waals surface area contributed by atoms with Crippen LogP contribution in [-0.4, -0.2) is 17.1 Å². The van der Waals surface area contributed by atoms with Crippen LogP contribution in [0.2, 0.25) is 0 Å². The first-order chi connectivity index (χ1) is 5.74. The van der Waals surface area contributed by atoms with Crippen LogP contribution in [0, 0.1) is 0 Å². The molecule has 1 heterocycles. The molecule has 0 saturated carbocycles. The summed E-state index contributed by atoms with van der Waals surface area (Å²) in [6.45, 7) is 2.03. The molecule has 1 aromatic heterocycles. The van der Waals surface area contributed by atoms with Crippen molar-refractivity contribution in [3.8, 4) is 0 Å². The molecule has 5 heteroatoms. The first-order valence-electron chi connectivity index (χ1n) is 3.61. The number of aromatic nitrogens is 1. The quantitative estimate of drug-likeness (QED) is 0.707. The van der Waals surface area contributed by atoms with Gasteiger partial charge in [0.05, 0.1) is 6.04 Å². The summed E-state index contributed by atoms with van der Waals surface area (Å²) in [7, 11) is 1.80. The lowest BCUT2D eigenvalue weighted by Crippen LogP contribution is -2.34. The predicted octanol–water partition coefficient (Wildman–Crippen LogP) is 1.30. The molecule has 0 aliphatic carbocycles. The first kappa shape index (κ1) is 9.41. The van der Waals surface area contributed by atoms with Gasteiger partial charge in [-0.25, -0.2) is 4.98 Å². The Labute approximate surface area is 81.2 Å². The monoisotopic (exact) mass is 201 g/mol. The van der Waals surface area contributed by atoms with Crippen LogP contribution < -0.4 is 10.6 Å². The van der Waals surface area contributed by atoms with E-state index in [1.165, 1.54) is 0 Å². The van der Waals surface area contributed by atoms with Crippen molar-refractivity contribution in [1.29, 1.82) is 0 Å². The number of thiazole rings is 1. The molecule has 0 bridgehead atoms. The minimum Gasteiger partial charge on any atom is -0.366 e. The van der Waals surface area contributed by atoms with E-state index in [1.54, 1.807) is 24.6 Å². The highest BCUT2D eigenvalue weighted by Gasteiger charge is 2.07. The molecule has 1 atom stereocenters. The van der Waals surface area contributed by atoms with Gasteiger partial charge in [-0.1, -0.05) is 0 Å². The average molecular weight is 201 g/mol. The summed E-state index contributed by atoms with van der Waals surface area (Å²) in [6, 6.07) is 0.185. The van der Waals surface area contributed by atoms with Gasteiger partial charge in [-0.2, -0.15) is 0 Å². The smallest absolute Gasteiger partial charge is 0.166 e. The van der Waals surface area contributed by atoms with Gasteiger partial charge in [0.25, 0.3) is 0 Å². The molecule has 12 heavy (non-hydrogen) atoms. The van der Waals surface area contributed by atoms with Crippen LogP contribution in [0.4, 0.5) is 0 Å². The van der Waals surface area contributed by atoms with Gasteiger partial charge >= 0.3 is 0 Å². The fourth-order valence-electron chi connectivity index (χ4n) is 0.779. The Morgan fingerprint density at radius 2 is 2.50 bits per heavy atom. The Morgan fingerprint density at radius 3 is 3.00 bits per heavy atom. The molecule has 0 radical (unpaired) electrons. The standard InChI is InChI=1S/C7H11N3S2/c1-5(10-7(11)8-2)6-9-3-4-12-6/h3-5H,1-2H3,(H2,8,10,11). The third-order valence-corrected chi connectivity index (χ3v) is 2.68. The Kier molecular flexibility index (Phi) is 3.43. The van der Waals surface area contributed by atoms with Crippen molar-refractivity contribution in [3.05, 3.63) is 16.6 Å². The van der Waals surface area contributed by atoms with Crippen LogP contribution in [0.1, 0.15) is 18.0 Å². The normalized spacial score (nSPS) is 12.2. The van der Waals surface area contributed by atoms with Gasteiger partial charge in [-0.15, -0.1) is 11.3 Å². The van der Waals surface area contributed by atoms with Crippen molar-refractivity contribution in [3.63, 3.8) is 0 Å². The third kappa shape index (κ3) is 2.42. The van der Waals surface area contributed by atoms with Gasteiger partial charge in [-0.05, 0) is 19.1 Å². The molecule has 0 spiro atoms. The van der Waals surface area contributed by atoms with Crippen molar-refractivity contribution >= 4 is 28.7 Å². The molecule has 2 N–H and O–H groups in total. The lowest BCUT2D eigenvalue weighted by atomic mass is 10.4. The number of nitrogens with one attached hydrogen (secondary N) is 2. The fourth-order valence-corrected chi connectivity index (χ4v) is 1.60. The summed E-state index contributed by atoms with van der Waals surface area (Å²) in [5.41, 5.74) is 0. The molecule has 1 aromatic rings. The SMILES string of the molecule is CNC(=S)NC(C)c1nccs1. The third-order valence-electron chi connectivity index (χ3n) is 1.40. The van der Waals surface area contributed by atoms with Crippen molar-refractivity contribution in [2.24, 2.45) is 0 Å². The zero-order valence-electron chi connectivity index (χ0n) is 7.00.